The maximum atomic E-state index is 13.4. The largest absolute Gasteiger partial charge is 0.497 e. The first-order valence-electron chi connectivity index (χ1n) is 10.9. The van der Waals surface area contributed by atoms with Gasteiger partial charge in [-0.2, -0.15) is 0 Å². The SMILES string of the molecule is COc1ccc(C(=O)c2sc3nc4c(c(-c5ccco5)c3c2N)CC/C4=C/c2ccco2)cc1. The zero-order valence-electron chi connectivity index (χ0n) is 18.3. The van der Waals surface area contributed by atoms with Crippen molar-refractivity contribution in [3.05, 3.63) is 88.5 Å². The molecule has 1 aliphatic carbocycles. The molecule has 34 heavy (non-hydrogen) atoms. The Balaban J connectivity index is 1.55. The van der Waals surface area contributed by atoms with Gasteiger partial charge in [0.2, 0.25) is 5.78 Å². The van der Waals surface area contributed by atoms with Gasteiger partial charge in [0, 0.05) is 16.5 Å². The summed E-state index contributed by atoms with van der Waals surface area (Å²) in [5.41, 5.74) is 11.6. The van der Waals surface area contributed by atoms with Crippen LogP contribution < -0.4 is 10.5 Å². The molecule has 0 amide bonds. The molecular formula is C27H20N2O4S. The Morgan fingerprint density at radius 2 is 1.88 bits per heavy atom. The van der Waals surface area contributed by atoms with Crippen molar-refractivity contribution >= 4 is 44.7 Å². The number of ketones is 1. The van der Waals surface area contributed by atoms with Gasteiger partial charge in [0.15, 0.2) is 0 Å². The number of methoxy groups -OCH3 is 1. The molecule has 0 fully saturated rings. The van der Waals surface area contributed by atoms with Gasteiger partial charge in [0.25, 0.3) is 0 Å². The average Bonchev–Trinajstić information content (AvgIpc) is 3.67. The predicted molar refractivity (Wildman–Crippen MR) is 133 cm³/mol. The van der Waals surface area contributed by atoms with E-state index < -0.39 is 0 Å². The smallest absolute Gasteiger partial charge is 0.205 e. The number of carbonyl (C=O) groups excluding carboxylic acids is 1. The maximum absolute atomic E-state index is 13.4. The summed E-state index contributed by atoms with van der Waals surface area (Å²) in [5.74, 6) is 2.05. The predicted octanol–water partition coefficient (Wildman–Crippen LogP) is 6.46. The number of aromatic nitrogens is 1. The molecule has 5 aromatic rings. The molecule has 0 atom stereocenters. The number of rotatable bonds is 5. The Kier molecular flexibility index (Phi) is 4.85. The fourth-order valence-electron chi connectivity index (χ4n) is 4.50. The Hall–Kier alpha value is -4.10. The van der Waals surface area contributed by atoms with E-state index in [1.807, 2.05) is 30.3 Å². The lowest BCUT2D eigenvalue weighted by Gasteiger charge is -2.09. The molecule has 7 heteroatoms. The number of ether oxygens (including phenoxy) is 1. The van der Waals surface area contributed by atoms with E-state index in [0.717, 1.165) is 52.1 Å². The fourth-order valence-corrected chi connectivity index (χ4v) is 5.56. The highest BCUT2D eigenvalue weighted by atomic mass is 32.1. The normalized spacial score (nSPS) is 14.1. The van der Waals surface area contributed by atoms with E-state index in [0.29, 0.717) is 26.7 Å². The third-order valence-electron chi connectivity index (χ3n) is 6.11. The number of nitrogens with two attached hydrogens (primary N) is 1. The fraction of sp³-hybridized carbons (Fsp3) is 0.111. The van der Waals surface area contributed by atoms with E-state index in [-0.39, 0.29) is 5.78 Å². The quantitative estimate of drug-likeness (QED) is 0.298. The molecule has 6 rings (SSSR count). The van der Waals surface area contributed by atoms with E-state index in [1.165, 1.54) is 11.3 Å². The van der Waals surface area contributed by atoms with Gasteiger partial charge in [-0.05, 0) is 78.6 Å². The molecule has 4 heterocycles. The van der Waals surface area contributed by atoms with Gasteiger partial charge < -0.3 is 19.3 Å². The summed E-state index contributed by atoms with van der Waals surface area (Å²) in [7, 11) is 1.59. The van der Waals surface area contributed by atoms with E-state index >= 15 is 0 Å². The van der Waals surface area contributed by atoms with Crippen molar-refractivity contribution in [3.63, 3.8) is 0 Å². The van der Waals surface area contributed by atoms with Gasteiger partial charge in [-0.3, -0.25) is 4.79 Å². The first-order valence-corrected chi connectivity index (χ1v) is 11.7. The number of hydrogen-bond acceptors (Lipinski definition) is 7. The van der Waals surface area contributed by atoms with Crippen LogP contribution in [0.5, 0.6) is 5.75 Å². The minimum atomic E-state index is -0.139. The topological polar surface area (TPSA) is 91.5 Å². The Morgan fingerprint density at radius 1 is 1.09 bits per heavy atom. The summed E-state index contributed by atoms with van der Waals surface area (Å²) in [6.07, 6.45) is 6.97. The van der Waals surface area contributed by atoms with Crippen molar-refractivity contribution in [3.8, 4) is 17.1 Å². The minimum absolute atomic E-state index is 0.139. The lowest BCUT2D eigenvalue weighted by atomic mass is 9.99. The number of anilines is 1. The van der Waals surface area contributed by atoms with Gasteiger partial charge in [-0.25, -0.2) is 4.98 Å². The molecule has 0 bridgehead atoms. The summed E-state index contributed by atoms with van der Waals surface area (Å²) < 4.78 is 16.6. The van der Waals surface area contributed by atoms with E-state index in [4.69, 9.17) is 24.3 Å². The van der Waals surface area contributed by atoms with Gasteiger partial charge in [0.1, 0.15) is 27.0 Å². The number of thiophene rings is 1. The van der Waals surface area contributed by atoms with Crippen molar-refractivity contribution in [1.82, 2.24) is 4.98 Å². The monoisotopic (exact) mass is 468 g/mol. The Bertz CT molecular complexity index is 1540. The maximum Gasteiger partial charge on any atom is 0.205 e. The molecule has 2 N–H and O–H groups in total. The van der Waals surface area contributed by atoms with Crippen LogP contribution in [0.3, 0.4) is 0 Å². The second-order valence-electron chi connectivity index (χ2n) is 8.06. The van der Waals surface area contributed by atoms with Crippen molar-refractivity contribution < 1.29 is 18.4 Å². The zero-order valence-corrected chi connectivity index (χ0v) is 19.1. The molecule has 4 aromatic heterocycles. The molecule has 0 aliphatic heterocycles. The molecule has 168 valence electrons. The standard InChI is InChI=1S/C27H20N2O4S/c1-31-17-9-6-15(7-10-17)25(30)26-23(28)22-21(20-5-3-13-33-20)19-11-8-16(14-18-4-2-12-32-18)24(19)29-27(22)34-26/h2-7,9-10,12-14H,8,11,28H2,1H3/b16-14-. The van der Waals surface area contributed by atoms with Gasteiger partial charge in [-0.15, -0.1) is 11.3 Å². The number of nitrogen functional groups attached to an aromatic ring is 1. The molecule has 6 nitrogen and oxygen atoms in total. The number of pyridine rings is 1. The summed E-state index contributed by atoms with van der Waals surface area (Å²) in [4.78, 5) is 19.6. The third kappa shape index (κ3) is 3.24. The van der Waals surface area contributed by atoms with Gasteiger partial charge >= 0.3 is 0 Å². The first-order chi connectivity index (χ1) is 16.6. The van der Waals surface area contributed by atoms with Crippen LogP contribution in [0.2, 0.25) is 0 Å². The van der Waals surface area contributed by atoms with Gasteiger partial charge in [-0.1, -0.05) is 0 Å². The molecular weight excluding hydrogens is 448 g/mol. The number of benzene rings is 1. The van der Waals surface area contributed by atoms with Crippen LogP contribution in [-0.2, 0) is 6.42 Å². The molecule has 1 aliphatic rings. The number of allylic oxidation sites excluding steroid dienone is 1. The Labute approximate surface area is 199 Å². The van der Waals surface area contributed by atoms with Crippen LogP contribution in [0.1, 0.15) is 38.7 Å². The molecule has 0 saturated heterocycles. The highest BCUT2D eigenvalue weighted by molar-refractivity contribution is 7.21. The van der Waals surface area contributed by atoms with Crippen LogP contribution in [0.25, 0.3) is 33.2 Å². The zero-order chi connectivity index (χ0) is 23.2. The first kappa shape index (κ1) is 20.5. The number of hydrogen-bond donors (Lipinski definition) is 1. The molecule has 0 saturated carbocycles. The summed E-state index contributed by atoms with van der Waals surface area (Å²) >= 11 is 1.32. The molecule has 0 radical (unpaired) electrons. The van der Waals surface area contributed by atoms with Crippen LogP contribution in [-0.4, -0.2) is 17.9 Å². The molecule has 1 aromatic carbocycles. The second kappa shape index (κ2) is 8.04. The third-order valence-corrected chi connectivity index (χ3v) is 7.21. The lowest BCUT2D eigenvalue weighted by molar-refractivity contribution is 0.104. The number of fused-ring (bicyclic) bond motifs is 2. The number of carbonyl (C=O) groups is 1. The molecule has 0 spiro atoms. The Morgan fingerprint density at radius 3 is 2.59 bits per heavy atom. The van der Waals surface area contributed by atoms with Crippen molar-refractivity contribution in [2.45, 2.75) is 12.8 Å². The van der Waals surface area contributed by atoms with E-state index in [2.05, 4.69) is 0 Å². The number of nitrogens with zero attached hydrogens (tertiary/aromatic N) is 1. The summed E-state index contributed by atoms with van der Waals surface area (Å²) in [5, 5.41) is 0.773. The van der Waals surface area contributed by atoms with E-state index in [9.17, 15) is 4.79 Å². The number of furan rings is 2. The van der Waals surface area contributed by atoms with E-state index in [1.54, 1.807) is 43.9 Å². The average molecular weight is 469 g/mol. The van der Waals surface area contributed by atoms with Crippen LogP contribution in [0.15, 0.2) is 69.9 Å². The highest BCUT2D eigenvalue weighted by Gasteiger charge is 2.30. The van der Waals surface area contributed by atoms with Gasteiger partial charge in [0.05, 0.1) is 31.0 Å². The van der Waals surface area contributed by atoms with Crippen molar-refractivity contribution in [2.75, 3.05) is 12.8 Å². The molecule has 0 unspecified atom stereocenters. The van der Waals surface area contributed by atoms with Crippen LogP contribution >= 0.6 is 11.3 Å². The van der Waals surface area contributed by atoms with Crippen molar-refractivity contribution in [2.24, 2.45) is 0 Å². The van der Waals surface area contributed by atoms with Crippen LogP contribution in [0, 0.1) is 0 Å². The van der Waals surface area contributed by atoms with Crippen LogP contribution in [0.4, 0.5) is 5.69 Å². The van der Waals surface area contributed by atoms with Crippen molar-refractivity contribution in [1.29, 1.82) is 0 Å². The second-order valence-corrected chi connectivity index (χ2v) is 9.06. The summed E-state index contributed by atoms with van der Waals surface area (Å²) in [6, 6.07) is 14.6. The minimum Gasteiger partial charge on any atom is -0.497 e. The highest BCUT2D eigenvalue weighted by Crippen LogP contribution is 2.47. The lowest BCUT2D eigenvalue weighted by Crippen LogP contribution is -2.02. The summed E-state index contributed by atoms with van der Waals surface area (Å²) in [6.45, 7) is 0.